The lowest BCUT2D eigenvalue weighted by molar-refractivity contribution is 0.264. The molecule has 0 unspecified atom stereocenters. The van der Waals surface area contributed by atoms with Crippen molar-refractivity contribution < 1.29 is 0 Å². The van der Waals surface area contributed by atoms with E-state index in [1.807, 2.05) is 32.1 Å². The molecule has 0 radical (unpaired) electrons. The second-order valence-corrected chi connectivity index (χ2v) is 6.32. The average Bonchev–Trinajstić information content (AvgIpc) is 2.56. The van der Waals surface area contributed by atoms with Crippen LogP contribution >= 0.6 is 0 Å². The predicted molar refractivity (Wildman–Crippen MR) is 95.0 cm³/mol. The maximum atomic E-state index is 4.58. The molecule has 2 heterocycles. The Bertz CT molecular complexity index is 668. The van der Waals surface area contributed by atoms with Crippen LogP contribution in [0.3, 0.4) is 0 Å². The van der Waals surface area contributed by atoms with Gasteiger partial charge in [0.15, 0.2) is 0 Å². The van der Waals surface area contributed by atoms with Gasteiger partial charge in [0.1, 0.15) is 5.82 Å². The Hall–Kier alpha value is -2.14. The molecule has 5 heteroatoms. The molecule has 23 heavy (non-hydrogen) atoms. The molecule has 1 aromatic heterocycles. The number of aryl methyl sites for hydroxylation is 1. The Labute approximate surface area is 138 Å². The van der Waals surface area contributed by atoms with Gasteiger partial charge in [-0.15, -0.1) is 0 Å². The van der Waals surface area contributed by atoms with Crippen LogP contribution in [0, 0.1) is 6.92 Å². The molecule has 2 aromatic rings. The Kier molecular flexibility index (Phi) is 4.76. The van der Waals surface area contributed by atoms with Gasteiger partial charge in [-0.2, -0.15) is 4.98 Å². The summed E-state index contributed by atoms with van der Waals surface area (Å²) in [6.45, 7) is 6.05. The zero-order valence-corrected chi connectivity index (χ0v) is 14.2. The number of fused-ring (bicyclic) bond motifs is 1. The lowest BCUT2D eigenvalue weighted by Gasteiger charge is -2.28. The number of nitrogens with one attached hydrogen (secondary N) is 1. The number of benzene rings is 1. The van der Waals surface area contributed by atoms with Gasteiger partial charge < -0.3 is 10.2 Å². The van der Waals surface area contributed by atoms with Crippen molar-refractivity contribution >= 4 is 11.8 Å². The fourth-order valence-electron chi connectivity index (χ4n) is 3.04. The topological polar surface area (TPSA) is 44.3 Å². The summed E-state index contributed by atoms with van der Waals surface area (Å²) in [7, 11) is 4.01. The molecule has 0 spiro atoms. The first kappa shape index (κ1) is 15.7. The second kappa shape index (κ2) is 6.96. The molecule has 0 atom stereocenters. The standard InChI is InChI=1S/C18H25N5/c1-14-12-20-18(21-17(14)22(2)3)19-9-11-23-10-8-15-6-4-5-7-16(15)13-23/h4-7,12H,8-11,13H2,1-3H3,(H,19,20,21). The minimum Gasteiger partial charge on any atom is -0.362 e. The first-order chi connectivity index (χ1) is 11.1. The van der Waals surface area contributed by atoms with Crippen molar-refractivity contribution in [1.29, 1.82) is 0 Å². The van der Waals surface area contributed by atoms with Gasteiger partial charge in [-0.25, -0.2) is 4.98 Å². The van der Waals surface area contributed by atoms with Crippen molar-refractivity contribution in [1.82, 2.24) is 14.9 Å². The van der Waals surface area contributed by atoms with E-state index in [1.165, 1.54) is 11.1 Å². The van der Waals surface area contributed by atoms with Crippen molar-refractivity contribution in [3.8, 4) is 0 Å². The third-order valence-electron chi connectivity index (χ3n) is 4.29. The molecule has 0 saturated carbocycles. The molecular weight excluding hydrogens is 286 g/mol. The summed E-state index contributed by atoms with van der Waals surface area (Å²) in [5.41, 5.74) is 4.04. The SMILES string of the molecule is Cc1cnc(NCCN2CCc3ccccc3C2)nc1N(C)C. The summed E-state index contributed by atoms with van der Waals surface area (Å²) < 4.78 is 0. The van der Waals surface area contributed by atoms with Gasteiger partial charge in [-0.05, 0) is 24.5 Å². The van der Waals surface area contributed by atoms with Crippen LogP contribution in [-0.4, -0.2) is 48.6 Å². The van der Waals surface area contributed by atoms with Crippen LogP contribution in [0.2, 0.25) is 0 Å². The summed E-state index contributed by atoms with van der Waals surface area (Å²) in [5.74, 6) is 1.67. The zero-order valence-electron chi connectivity index (χ0n) is 14.2. The summed E-state index contributed by atoms with van der Waals surface area (Å²) in [4.78, 5) is 13.4. The first-order valence-electron chi connectivity index (χ1n) is 8.17. The molecule has 0 aliphatic carbocycles. The van der Waals surface area contributed by atoms with Gasteiger partial charge in [0.25, 0.3) is 0 Å². The highest BCUT2D eigenvalue weighted by Gasteiger charge is 2.15. The van der Waals surface area contributed by atoms with Crippen molar-refractivity contribution in [3.05, 3.63) is 47.2 Å². The van der Waals surface area contributed by atoms with Gasteiger partial charge in [-0.1, -0.05) is 24.3 Å². The Morgan fingerprint density at radius 3 is 2.78 bits per heavy atom. The minimum absolute atomic E-state index is 0.705. The van der Waals surface area contributed by atoms with Crippen LogP contribution < -0.4 is 10.2 Å². The van der Waals surface area contributed by atoms with E-state index in [0.717, 1.165) is 44.0 Å². The van der Waals surface area contributed by atoms with E-state index < -0.39 is 0 Å². The van der Waals surface area contributed by atoms with E-state index in [1.54, 1.807) is 0 Å². The number of anilines is 2. The Balaban J connectivity index is 1.53. The quantitative estimate of drug-likeness (QED) is 0.918. The molecule has 122 valence electrons. The normalized spacial score (nSPS) is 14.4. The number of hydrogen-bond donors (Lipinski definition) is 1. The van der Waals surface area contributed by atoms with Crippen LogP contribution in [0.25, 0.3) is 0 Å². The number of hydrogen-bond acceptors (Lipinski definition) is 5. The third kappa shape index (κ3) is 3.79. The maximum absolute atomic E-state index is 4.58. The van der Waals surface area contributed by atoms with Crippen LogP contribution in [0.5, 0.6) is 0 Å². The first-order valence-corrected chi connectivity index (χ1v) is 8.17. The molecule has 0 bridgehead atoms. The van der Waals surface area contributed by atoms with Crippen molar-refractivity contribution in [2.24, 2.45) is 0 Å². The van der Waals surface area contributed by atoms with Crippen LogP contribution in [0.15, 0.2) is 30.5 Å². The molecule has 1 aromatic carbocycles. The molecule has 5 nitrogen and oxygen atoms in total. The second-order valence-electron chi connectivity index (χ2n) is 6.32. The maximum Gasteiger partial charge on any atom is 0.224 e. The summed E-state index contributed by atoms with van der Waals surface area (Å²) in [5, 5.41) is 3.35. The average molecular weight is 311 g/mol. The van der Waals surface area contributed by atoms with Crippen LogP contribution in [-0.2, 0) is 13.0 Å². The van der Waals surface area contributed by atoms with Gasteiger partial charge in [0, 0.05) is 52.0 Å². The monoisotopic (exact) mass is 311 g/mol. The molecule has 1 aliphatic heterocycles. The van der Waals surface area contributed by atoms with E-state index in [-0.39, 0.29) is 0 Å². The summed E-state index contributed by atoms with van der Waals surface area (Å²) in [6.07, 6.45) is 3.02. The largest absolute Gasteiger partial charge is 0.362 e. The molecule has 1 N–H and O–H groups in total. The Morgan fingerprint density at radius 1 is 1.22 bits per heavy atom. The van der Waals surface area contributed by atoms with E-state index in [2.05, 4.69) is 44.5 Å². The van der Waals surface area contributed by atoms with E-state index in [9.17, 15) is 0 Å². The van der Waals surface area contributed by atoms with Crippen molar-refractivity contribution in [2.75, 3.05) is 43.9 Å². The Morgan fingerprint density at radius 2 is 2.00 bits per heavy atom. The van der Waals surface area contributed by atoms with E-state index in [0.29, 0.717) is 5.95 Å². The van der Waals surface area contributed by atoms with Crippen molar-refractivity contribution in [2.45, 2.75) is 19.9 Å². The number of aromatic nitrogens is 2. The number of nitrogens with zero attached hydrogens (tertiary/aromatic N) is 4. The molecule has 3 rings (SSSR count). The lowest BCUT2D eigenvalue weighted by Crippen LogP contribution is -2.34. The van der Waals surface area contributed by atoms with Crippen LogP contribution in [0.1, 0.15) is 16.7 Å². The van der Waals surface area contributed by atoms with E-state index in [4.69, 9.17) is 0 Å². The highest BCUT2D eigenvalue weighted by molar-refractivity contribution is 5.47. The van der Waals surface area contributed by atoms with Gasteiger partial charge >= 0.3 is 0 Å². The summed E-state index contributed by atoms with van der Waals surface area (Å²) >= 11 is 0. The smallest absolute Gasteiger partial charge is 0.224 e. The molecule has 0 saturated heterocycles. The third-order valence-corrected chi connectivity index (χ3v) is 4.29. The highest BCUT2D eigenvalue weighted by atomic mass is 15.2. The van der Waals surface area contributed by atoms with Crippen molar-refractivity contribution in [3.63, 3.8) is 0 Å². The van der Waals surface area contributed by atoms with Gasteiger partial charge in [0.2, 0.25) is 5.95 Å². The molecular formula is C18H25N5. The fourth-order valence-corrected chi connectivity index (χ4v) is 3.04. The number of rotatable bonds is 5. The minimum atomic E-state index is 0.705. The summed E-state index contributed by atoms with van der Waals surface area (Å²) in [6, 6.07) is 8.74. The zero-order chi connectivity index (χ0) is 16.2. The molecule has 1 aliphatic rings. The van der Waals surface area contributed by atoms with Gasteiger partial charge in [0.05, 0.1) is 0 Å². The van der Waals surface area contributed by atoms with Gasteiger partial charge in [-0.3, -0.25) is 4.90 Å². The van der Waals surface area contributed by atoms with Crippen LogP contribution in [0.4, 0.5) is 11.8 Å². The fraction of sp³-hybridized carbons (Fsp3) is 0.444. The highest BCUT2D eigenvalue weighted by Crippen LogP contribution is 2.18. The van der Waals surface area contributed by atoms with E-state index >= 15 is 0 Å². The predicted octanol–water partition coefficient (Wildman–Crippen LogP) is 2.32. The lowest BCUT2D eigenvalue weighted by atomic mass is 10.00. The molecule has 0 amide bonds. The molecule has 0 fully saturated rings.